The number of H-pyrrole nitrogens is 1. The number of nitrogens with zero attached hydrogens (tertiary/aromatic N) is 1. The van der Waals surface area contributed by atoms with Gasteiger partial charge in [-0.2, -0.15) is 0 Å². The molecular weight excluding hydrogens is 454 g/mol. The van der Waals surface area contributed by atoms with E-state index in [1.807, 2.05) is 59.5 Å². The number of aryl methyl sites for hydroxylation is 1. The minimum atomic E-state index is -0.0893. The van der Waals surface area contributed by atoms with E-state index in [-0.39, 0.29) is 5.56 Å². The molecule has 0 fully saturated rings. The molecular formula is C29H31N3O2S. The predicted molar refractivity (Wildman–Crippen MR) is 147 cm³/mol. The summed E-state index contributed by atoms with van der Waals surface area (Å²) >= 11 is 5.79. The molecule has 0 saturated heterocycles. The van der Waals surface area contributed by atoms with E-state index in [0.29, 0.717) is 23.8 Å². The molecule has 5 nitrogen and oxygen atoms in total. The molecule has 1 heterocycles. The van der Waals surface area contributed by atoms with E-state index in [2.05, 4.69) is 41.5 Å². The number of nitrogens with one attached hydrogen (secondary N) is 2. The average Bonchev–Trinajstić information content (AvgIpc) is 2.89. The standard InChI is InChI=1S/C29H31N3O2S/c1-3-21-11-14-27-24(17-21)18-25(28(33)31-27)20-32(19-23-9-12-26(34-2)13-10-23)29(35)30-16-15-22-7-5-4-6-8-22/h4-14,17-18H,3,15-16,19-20H2,1-2H3,(H,30,35)(H,31,33). The third-order valence-corrected chi connectivity index (χ3v) is 6.51. The summed E-state index contributed by atoms with van der Waals surface area (Å²) in [6.45, 7) is 3.83. The molecule has 1 aromatic heterocycles. The van der Waals surface area contributed by atoms with Gasteiger partial charge in [0.1, 0.15) is 5.75 Å². The molecule has 35 heavy (non-hydrogen) atoms. The SMILES string of the molecule is CCc1ccc2[nH]c(=O)c(CN(Cc3ccc(OC)cc3)C(=S)NCCc3ccccc3)cc2c1. The lowest BCUT2D eigenvalue weighted by atomic mass is 10.1. The molecule has 0 amide bonds. The number of fused-ring (bicyclic) bond motifs is 1. The smallest absolute Gasteiger partial charge is 0.253 e. The lowest BCUT2D eigenvalue weighted by Crippen LogP contribution is -2.40. The number of aromatic amines is 1. The molecule has 0 saturated carbocycles. The molecule has 0 aliphatic rings. The first kappa shape index (κ1) is 24.5. The van der Waals surface area contributed by atoms with Crippen molar-refractivity contribution in [3.05, 3.63) is 111 Å². The minimum Gasteiger partial charge on any atom is -0.497 e. The fourth-order valence-electron chi connectivity index (χ4n) is 4.07. The van der Waals surface area contributed by atoms with Crippen LogP contribution in [0.25, 0.3) is 10.9 Å². The third-order valence-electron chi connectivity index (χ3n) is 6.11. The second kappa shape index (κ2) is 11.7. The highest BCUT2D eigenvalue weighted by molar-refractivity contribution is 7.80. The maximum Gasteiger partial charge on any atom is 0.253 e. The van der Waals surface area contributed by atoms with E-state index in [4.69, 9.17) is 17.0 Å². The van der Waals surface area contributed by atoms with Crippen molar-refractivity contribution in [3.8, 4) is 5.75 Å². The van der Waals surface area contributed by atoms with Gasteiger partial charge in [0.15, 0.2) is 5.11 Å². The number of pyridine rings is 1. The second-order valence-electron chi connectivity index (χ2n) is 8.57. The highest BCUT2D eigenvalue weighted by Gasteiger charge is 2.14. The Hall–Kier alpha value is -3.64. The van der Waals surface area contributed by atoms with Gasteiger partial charge in [0.2, 0.25) is 0 Å². The number of rotatable bonds is 9. The number of aromatic nitrogens is 1. The zero-order chi connectivity index (χ0) is 24.6. The van der Waals surface area contributed by atoms with Gasteiger partial charge in [-0.3, -0.25) is 4.79 Å². The van der Waals surface area contributed by atoms with Crippen LogP contribution in [0.15, 0.2) is 83.7 Å². The summed E-state index contributed by atoms with van der Waals surface area (Å²) in [6.07, 6.45) is 1.82. The summed E-state index contributed by atoms with van der Waals surface area (Å²) in [5.74, 6) is 0.807. The van der Waals surface area contributed by atoms with E-state index in [1.165, 1.54) is 11.1 Å². The van der Waals surface area contributed by atoms with Gasteiger partial charge >= 0.3 is 0 Å². The summed E-state index contributed by atoms with van der Waals surface area (Å²) in [5, 5.41) is 5.05. The van der Waals surface area contributed by atoms with Crippen molar-refractivity contribution in [1.29, 1.82) is 0 Å². The molecule has 3 aromatic carbocycles. The molecule has 0 spiro atoms. The summed E-state index contributed by atoms with van der Waals surface area (Å²) in [6, 6.07) is 26.4. The average molecular weight is 486 g/mol. The highest BCUT2D eigenvalue weighted by atomic mass is 32.1. The van der Waals surface area contributed by atoms with Crippen LogP contribution in [0.1, 0.15) is 29.2 Å². The Bertz CT molecular complexity index is 1330. The lowest BCUT2D eigenvalue weighted by molar-refractivity contribution is 0.395. The monoisotopic (exact) mass is 485 g/mol. The van der Waals surface area contributed by atoms with Crippen LogP contribution in [0, 0.1) is 0 Å². The van der Waals surface area contributed by atoms with Crippen LogP contribution in [0.4, 0.5) is 0 Å². The molecule has 4 aromatic rings. The first-order valence-electron chi connectivity index (χ1n) is 11.9. The first-order chi connectivity index (χ1) is 17.1. The Labute approximate surface area is 211 Å². The molecule has 0 atom stereocenters. The third kappa shape index (κ3) is 6.49. The van der Waals surface area contributed by atoms with Crippen molar-refractivity contribution < 1.29 is 4.74 Å². The maximum atomic E-state index is 12.9. The van der Waals surface area contributed by atoms with Crippen LogP contribution in [0.3, 0.4) is 0 Å². The second-order valence-corrected chi connectivity index (χ2v) is 8.96. The van der Waals surface area contributed by atoms with Crippen LogP contribution in [0.5, 0.6) is 5.75 Å². The van der Waals surface area contributed by atoms with Crippen LogP contribution in [-0.2, 0) is 25.9 Å². The number of thiocarbonyl (C=S) groups is 1. The fourth-order valence-corrected chi connectivity index (χ4v) is 4.30. The Morgan fingerprint density at radius 1 is 0.943 bits per heavy atom. The van der Waals surface area contributed by atoms with Crippen LogP contribution >= 0.6 is 12.2 Å². The molecule has 0 radical (unpaired) electrons. The van der Waals surface area contributed by atoms with Crippen molar-refractivity contribution in [2.24, 2.45) is 0 Å². The maximum absolute atomic E-state index is 12.9. The quantitative estimate of drug-likeness (QED) is 0.319. The van der Waals surface area contributed by atoms with Gasteiger partial charge < -0.3 is 19.9 Å². The van der Waals surface area contributed by atoms with Gasteiger partial charge in [-0.1, -0.05) is 55.5 Å². The van der Waals surface area contributed by atoms with Crippen molar-refractivity contribution in [2.45, 2.75) is 32.9 Å². The predicted octanol–water partition coefficient (Wildman–Crippen LogP) is 5.22. The van der Waals surface area contributed by atoms with E-state index >= 15 is 0 Å². The Kier molecular flexibility index (Phi) is 8.16. The van der Waals surface area contributed by atoms with E-state index < -0.39 is 0 Å². The first-order valence-corrected chi connectivity index (χ1v) is 12.3. The van der Waals surface area contributed by atoms with Gasteiger partial charge in [0.05, 0.1) is 13.7 Å². The van der Waals surface area contributed by atoms with Crippen LogP contribution in [0.2, 0.25) is 0 Å². The van der Waals surface area contributed by atoms with Crippen molar-refractivity contribution in [2.75, 3.05) is 13.7 Å². The molecule has 0 bridgehead atoms. The number of methoxy groups -OCH3 is 1. The summed E-state index contributed by atoms with van der Waals surface area (Å²) in [5.41, 5.74) is 5.02. The zero-order valence-corrected chi connectivity index (χ0v) is 21.0. The largest absolute Gasteiger partial charge is 0.497 e. The van der Waals surface area contributed by atoms with Crippen molar-refractivity contribution in [3.63, 3.8) is 0 Å². The van der Waals surface area contributed by atoms with Gasteiger partial charge in [-0.25, -0.2) is 0 Å². The molecule has 0 unspecified atom stereocenters. The van der Waals surface area contributed by atoms with Gasteiger partial charge in [-0.05, 0) is 77.5 Å². The van der Waals surface area contributed by atoms with E-state index in [1.54, 1.807) is 7.11 Å². The highest BCUT2D eigenvalue weighted by Crippen LogP contribution is 2.17. The Balaban J connectivity index is 1.55. The van der Waals surface area contributed by atoms with Crippen molar-refractivity contribution >= 4 is 28.2 Å². The molecule has 2 N–H and O–H groups in total. The van der Waals surface area contributed by atoms with E-state index in [9.17, 15) is 4.79 Å². The number of benzene rings is 3. The normalized spacial score (nSPS) is 10.8. The van der Waals surface area contributed by atoms with Crippen LogP contribution < -0.4 is 15.6 Å². The van der Waals surface area contributed by atoms with Gasteiger partial charge in [-0.15, -0.1) is 0 Å². The van der Waals surface area contributed by atoms with Crippen molar-refractivity contribution in [1.82, 2.24) is 15.2 Å². The number of hydrogen-bond donors (Lipinski definition) is 2. The number of ether oxygens (including phenoxy) is 1. The summed E-state index contributed by atoms with van der Waals surface area (Å²) in [4.78, 5) is 18.0. The Morgan fingerprint density at radius 2 is 1.69 bits per heavy atom. The molecule has 6 heteroatoms. The molecule has 0 aliphatic carbocycles. The Morgan fingerprint density at radius 3 is 2.40 bits per heavy atom. The summed E-state index contributed by atoms with van der Waals surface area (Å²) in [7, 11) is 1.66. The topological polar surface area (TPSA) is 57.4 Å². The zero-order valence-electron chi connectivity index (χ0n) is 20.2. The van der Waals surface area contributed by atoms with Gasteiger partial charge in [0, 0.05) is 24.2 Å². The van der Waals surface area contributed by atoms with E-state index in [0.717, 1.165) is 41.6 Å². The molecule has 0 aliphatic heterocycles. The molecule has 180 valence electrons. The molecule has 4 rings (SSSR count). The fraction of sp³-hybridized carbons (Fsp3) is 0.241. The minimum absolute atomic E-state index is 0.0893. The summed E-state index contributed by atoms with van der Waals surface area (Å²) < 4.78 is 5.29. The lowest BCUT2D eigenvalue weighted by Gasteiger charge is -2.26. The van der Waals surface area contributed by atoms with Crippen LogP contribution in [-0.4, -0.2) is 28.7 Å². The van der Waals surface area contributed by atoms with Gasteiger partial charge in [0.25, 0.3) is 5.56 Å². The number of hydrogen-bond acceptors (Lipinski definition) is 3.